The van der Waals surface area contributed by atoms with E-state index in [4.69, 9.17) is 4.99 Å². The SMILES string of the molecule is C=C(C)c1ccccc1/C(=C/C(C)(C)n1c(C)c2ccccc2c1C)N=C(C)c1ccccc1C(CC)N(C)/C(=C\C)c1ccccc1C(=C)C. The van der Waals surface area contributed by atoms with Gasteiger partial charge < -0.3 is 9.47 Å². The highest BCUT2D eigenvalue weighted by Gasteiger charge is 2.27. The van der Waals surface area contributed by atoms with Crippen molar-refractivity contribution >= 4 is 39.0 Å². The Morgan fingerprint density at radius 3 is 1.69 bits per heavy atom. The number of aryl methyl sites for hydroxylation is 2. The third-order valence-electron chi connectivity index (χ3n) is 10.3. The molecule has 1 heterocycles. The van der Waals surface area contributed by atoms with Crippen molar-refractivity contribution in [3.63, 3.8) is 0 Å². The molecular formula is C48H55N3. The second kappa shape index (κ2) is 15.4. The van der Waals surface area contributed by atoms with Crippen LogP contribution in [0.5, 0.6) is 0 Å². The summed E-state index contributed by atoms with van der Waals surface area (Å²) in [6.45, 7) is 28.4. The number of fused-ring (bicyclic) bond motifs is 1. The number of benzene rings is 4. The maximum atomic E-state index is 5.56. The van der Waals surface area contributed by atoms with E-state index >= 15 is 0 Å². The van der Waals surface area contributed by atoms with Crippen molar-refractivity contribution in [2.24, 2.45) is 4.99 Å². The number of aromatic nitrogens is 1. The zero-order valence-electron chi connectivity index (χ0n) is 32.4. The monoisotopic (exact) mass is 673 g/mol. The lowest BCUT2D eigenvalue weighted by molar-refractivity contribution is 0.345. The smallest absolute Gasteiger partial charge is 0.0694 e. The zero-order valence-corrected chi connectivity index (χ0v) is 32.4. The predicted octanol–water partition coefficient (Wildman–Crippen LogP) is 13.1. The van der Waals surface area contributed by atoms with Gasteiger partial charge in [0.05, 0.1) is 17.3 Å². The normalized spacial score (nSPS) is 13.4. The lowest BCUT2D eigenvalue weighted by atomic mass is 9.92. The fourth-order valence-electron chi connectivity index (χ4n) is 7.98. The molecule has 0 bridgehead atoms. The van der Waals surface area contributed by atoms with Crippen LogP contribution in [0.15, 0.2) is 127 Å². The van der Waals surface area contributed by atoms with Gasteiger partial charge in [-0.05, 0) is 84.6 Å². The molecule has 5 rings (SSSR count). The van der Waals surface area contributed by atoms with Crippen LogP contribution in [0.3, 0.4) is 0 Å². The maximum absolute atomic E-state index is 5.56. The third-order valence-corrected chi connectivity index (χ3v) is 10.3. The Bertz CT molecular complexity index is 2140. The van der Waals surface area contributed by atoms with Crippen molar-refractivity contribution in [2.45, 2.75) is 80.3 Å². The average Bonchev–Trinajstić information content (AvgIpc) is 3.38. The van der Waals surface area contributed by atoms with Crippen molar-refractivity contribution in [1.82, 2.24) is 9.47 Å². The quantitative estimate of drug-likeness (QED) is 0.121. The summed E-state index contributed by atoms with van der Waals surface area (Å²) in [5, 5.41) is 2.57. The molecule has 0 amide bonds. The third kappa shape index (κ3) is 7.35. The second-order valence-electron chi connectivity index (χ2n) is 14.4. The molecule has 1 atom stereocenters. The molecule has 1 unspecified atom stereocenters. The van der Waals surface area contributed by atoms with E-state index in [0.717, 1.165) is 45.7 Å². The van der Waals surface area contributed by atoms with Gasteiger partial charge >= 0.3 is 0 Å². The topological polar surface area (TPSA) is 20.5 Å². The average molecular weight is 674 g/mol. The number of aliphatic imine (C=N–C) groups is 1. The van der Waals surface area contributed by atoms with Gasteiger partial charge in [0.2, 0.25) is 0 Å². The molecule has 0 N–H and O–H groups in total. The van der Waals surface area contributed by atoms with Gasteiger partial charge in [-0.1, -0.05) is 134 Å². The Morgan fingerprint density at radius 1 is 0.725 bits per heavy atom. The van der Waals surface area contributed by atoms with Crippen LogP contribution >= 0.6 is 0 Å². The van der Waals surface area contributed by atoms with Crippen molar-refractivity contribution in [2.75, 3.05) is 7.05 Å². The molecule has 4 aromatic carbocycles. The summed E-state index contributed by atoms with van der Waals surface area (Å²) in [6.07, 6.45) is 5.50. The molecule has 5 aromatic rings. The van der Waals surface area contributed by atoms with Crippen LogP contribution in [-0.2, 0) is 5.54 Å². The van der Waals surface area contributed by atoms with E-state index in [0.29, 0.717) is 0 Å². The number of hydrogen-bond acceptors (Lipinski definition) is 2. The first kappa shape index (κ1) is 37.1. The van der Waals surface area contributed by atoms with Crippen LogP contribution in [0.1, 0.15) is 106 Å². The molecule has 262 valence electrons. The van der Waals surface area contributed by atoms with Crippen LogP contribution in [0, 0.1) is 13.8 Å². The van der Waals surface area contributed by atoms with Crippen LogP contribution in [0.2, 0.25) is 0 Å². The summed E-state index contributed by atoms with van der Waals surface area (Å²) >= 11 is 0. The van der Waals surface area contributed by atoms with E-state index in [1.54, 1.807) is 0 Å². The standard InChI is InChI=1S/C48H55N3/c1-13-46(43-29-21-16-24-38(43)33(5)6)50(12)47(14-2)44-30-22-17-25-39(44)34(7)49-45(42-28-20-15-23-37(42)32(3)4)31-48(10,11)51-35(8)40-26-18-19-27-41(40)36(51)9/h13,15-31,47H,3,5,14H2,1-2,4,6-12H3/b45-31-,46-13-,49-34?. The summed E-state index contributed by atoms with van der Waals surface area (Å²) in [5.41, 5.74) is 14.3. The minimum absolute atomic E-state index is 0.125. The first-order chi connectivity index (χ1) is 24.3. The number of allylic oxidation sites excluding steroid dienone is 4. The van der Waals surface area contributed by atoms with Crippen LogP contribution in [0.25, 0.3) is 33.3 Å². The zero-order chi connectivity index (χ0) is 37.0. The van der Waals surface area contributed by atoms with Crippen LogP contribution in [-0.4, -0.2) is 22.2 Å². The molecule has 0 aliphatic rings. The number of hydrogen-bond donors (Lipinski definition) is 0. The second-order valence-corrected chi connectivity index (χ2v) is 14.4. The van der Waals surface area contributed by atoms with Gasteiger partial charge in [0.1, 0.15) is 0 Å². The lowest BCUT2D eigenvalue weighted by Crippen LogP contribution is -2.26. The Balaban J connectivity index is 1.68. The highest BCUT2D eigenvalue weighted by Crippen LogP contribution is 2.38. The molecule has 0 spiro atoms. The van der Waals surface area contributed by atoms with E-state index < -0.39 is 0 Å². The Kier molecular flexibility index (Phi) is 11.2. The summed E-state index contributed by atoms with van der Waals surface area (Å²) in [5.74, 6) is 0. The Labute approximate surface area is 307 Å². The van der Waals surface area contributed by atoms with Crippen molar-refractivity contribution in [3.8, 4) is 0 Å². The molecule has 3 heteroatoms. The van der Waals surface area contributed by atoms with E-state index in [9.17, 15) is 0 Å². The minimum atomic E-state index is -0.377. The highest BCUT2D eigenvalue weighted by atomic mass is 15.1. The number of nitrogens with zero attached hydrogens (tertiary/aromatic N) is 3. The number of rotatable bonds is 12. The summed E-state index contributed by atoms with van der Waals surface area (Å²) in [7, 11) is 2.21. The van der Waals surface area contributed by atoms with Crippen LogP contribution in [0.4, 0.5) is 0 Å². The summed E-state index contributed by atoms with van der Waals surface area (Å²) < 4.78 is 2.46. The van der Waals surface area contributed by atoms with E-state index in [-0.39, 0.29) is 11.6 Å². The summed E-state index contributed by atoms with van der Waals surface area (Å²) in [6, 6.07) is 34.7. The van der Waals surface area contributed by atoms with Gasteiger partial charge in [-0.15, -0.1) is 0 Å². The van der Waals surface area contributed by atoms with Gasteiger partial charge in [-0.3, -0.25) is 4.99 Å². The van der Waals surface area contributed by atoms with E-state index in [1.807, 2.05) is 0 Å². The summed E-state index contributed by atoms with van der Waals surface area (Å²) in [4.78, 5) is 7.98. The molecular weight excluding hydrogens is 619 g/mol. The molecule has 0 aliphatic heterocycles. The van der Waals surface area contributed by atoms with Crippen molar-refractivity contribution in [1.29, 1.82) is 0 Å². The lowest BCUT2D eigenvalue weighted by Gasteiger charge is -2.34. The largest absolute Gasteiger partial charge is 0.367 e. The van der Waals surface area contributed by atoms with Crippen molar-refractivity contribution in [3.05, 3.63) is 167 Å². The first-order valence-corrected chi connectivity index (χ1v) is 18.2. The molecule has 3 nitrogen and oxygen atoms in total. The molecule has 0 radical (unpaired) electrons. The van der Waals surface area contributed by atoms with Crippen LogP contribution < -0.4 is 0 Å². The molecule has 51 heavy (non-hydrogen) atoms. The van der Waals surface area contributed by atoms with Gasteiger partial charge in [0, 0.05) is 57.3 Å². The highest BCUT2D eigenvalue weighted by molar-refractivity contribution is 6.03. The van der Waals surface area contributed by atoms with Crippen molar-refractivity contribution < 1.29 is 0 Å². The predicted molar refractivity (Wildman–Crippen MR) is 224 cm³/mol. The van der Waals surface area contributed by atoms with Gasteiger partial charge in [-0.25, -0.2) is 0 Å². The Hall–Kier alpha value is -5.15. The Morgan fingerprint density at radius 2 is 1.18 bits per heavy atom. The van der Waals surface area contributed by atoms with Gasteiger partial charge in [0.25, 0.3) is 0 Å². The van der Waals surface area contributed by atoms with E-state index in [2.05, 4.69) is 201 Å². The fraction of sp³-hybridized carbons (Fsp3) is 0.271. The molecule has 0 fully saturated rings. The minimum Gasteiger partial charge on any atom is -0.367 e. The maximum Gasteiger partial charge on any atom is 0.0694 e. The molecule has 0 saturated carbocycles. The van der Waals surface area contributed by atoms with E-state index in [1.165, 1.54) is 44.5 Å². The molecule has 1 aromatic heterocycles. The van der Waals surface area contributed by atoms with Gasteiger partial charge in [-0.2, -0.15) is 0 Å². The first-order valence-electron chi connectivity index (χ1n) is 18.2. The molecule has 0 saturated heterocycles. The van der Waals surface area contributed by atoms with Gasteiger partial charge in [0.15, 0.2) is 0 Å². The molecule has 0 aliphatic carbocycles. The fourth-order valence-corrected chi connectivity index (χ4v) is 7.98.